The van der Waals surface area contributed by atoms with Gasteiger partial charge in [0.1, 0.15) is 12.1 Å². The topological polar surface area (TPSA) is 68.4 Å². The van der Waals surface area contributed by atoms with Crippen molar-refractivity contribution in [3.05, 3.63) is 63.8 Å². The number of fused-ring (bicyclic) bond motifs is 3. The molecule has 2 heterocycles. The zero-order chi connectivity index (χ0) is 18.3. The second kappa shape index (κ2) is 6.44. The molecule has 6 heteroatoms. The number of hydrogen-bond acceptors (Lipinski definition) is 3. The highest BCUT2D eigenvalue weighted by Crippen LogP contribution is 2.26. The van der Waals surface area contributed by atoms with Crippen LogP contribution >= 0.6 is 0 Å². The molecule has 0 bridgehead atoms. The van der Waals surface area contributed by atoms with Crippen LogP contribution in [-0.2, 0) is 24.2 Å². The van der Waals surface area contributed by atoms with E-state index in [0.29, 0.717) is 11.4 Å². The van der Waals surface area contributed by atoms with Crippen LogP contribution in [0.3, 0.4) is 0 Å². The molecule has 0 spiro atoms. The second-order valence-electron chi connectivity index (χ2n) is 7.21. The molecule has 3 aromatic rings. The maximum absolute atomic E-state index is 12.9. The molecule has 0 saturated heterocycles. The smallest absolute Gasteiger partial charge is 0.277 e. The Morgan fingerprint density at radius 2 is 2.04 bits per heavy atom. The summed E-state index contributed by atoms with van der Waals surface area (Å²) in [5, 5.41) is 7.38. The number of anilines is 1. The minimum atomic E-state index is -0.220. The molecule has 1 aliphatic carbocycles. The fourth-order valence-electron chi connectivity index (χ4n) is 3.56. The maximum atomic E-state index is 12.9. The molecule has 0 aliphatic heterocycles. The van der Waals surface area contributed by atoms with Gasteiger partial charge in [0.05, 0.1) is 5.69 Å². The summed E-state index contributed by atoms with van der Waals surface area (Å²) in [5.74, 6) is 0.329. The molecule has 1 atom stereocenters. The van der Waals surface area contributed by atoms with Crippen molar-refractivity contribution in [2.45, 2.75) is 39.7 Å². The lowest BCUT2D eigenvalue weighted by atomic mass is 9.88. The van der Waals surface area contributed by atoms with E-state index in [1.165, 1.54) is 4.57 Å². The molecule has 26 heavy (non-hydrogen) atoms. The van der Waals surface area contributed by atoms with Crippen molar-refractivity contribution in [3.63, 3.8) is 0 Å². The fourth-order valence-corrected chi connectivity index (χ4v) is 3.56. The van der Waals surface area contributed by atoms with Gasteiger partial charge in [-0.05, 0) is 44.2 Å². The number of nitrogens with one attached hydrogen (secondary N) is 1. The summed E-state index contributed by atoms with van der Waals surface area (Å²) in [6.45, 7) is 4.18. The van der Waals surface area contributed by atoms with Crippen LogP contribution in [0.25, 0.3) is 5.52 Å². The van der Waals surface area contributed by atoms with Crippen molar-refractivity contribution in [2.75, 3.05) is 5.32 Å². The van der Waals surface area contributed by atoms with E-state index < -0.39 is 0 Å². The Hall–Kier alpha value is -2.89. The largest absolute Gasteiger partial charge is 0.325 e. The van der Waals surface area contributed by atoms with Crippen LogP contribution in [0.1, 0.15) is 30.2 Å². The van der Waals surface area contributed by atoms with E-state index in [0.717, 1.165) is 41.8 Å². The lowest BCUT2D eigenvalue weighted by Crippen LogP contribution is -2.28. The van der Waals surface area contributed by atoms with E-state index in [1.54, 1.807) is 16.9 Å². The number of nitrogens with zero attached hydrogens (tertiary/aromatic N) is 3. The Kier molecular flexibility index (Phi) is 4.11. The molecule has 1 aliphatic rings. The third-order valence-electron chi connectivity index (χ3n) is 5.02. The lowest BCUT2D eigenvalue weighted by Gasteiger charge is -2.16. The minimum absolute atomic E-state index is 0.0152. The molecule has 0 saturated carbocycles. The van der Waals surface area contributed by atoms with Crippen LogP contribution in [0.15, 0.2) is 41.5 Å². The number of hydrogen-bond donors (Lipinski definition) is 1. The van der Waals surface area contributed by atoms with E-state index >= 15 is 0 Å². The predicted octanol–water partition coefficient (Wildman–Crippen LogP) is 2.57. The van der Waals surface area contributed by atoms with Crippen LogP contribution in [0.2, 0.25) is 0 Å². The quantitative estimate of drug-likeness (QED) is 0.789. The second-order valence-corrected chi connectivity index (χ2v) is 7.21. The van der Waals surface area contributed by atoms with Crippen LogP contribution in [0, 0.1) is 12.8 Å². The Balaban J connectivity index is 1.61. The monoisotopic (exact) mass is 350 g/mol. The van der Waals surface area contributed by atoms with Crippen molar-refractivity contribution in [1.82, 2.24) is 14.2 Å². The first-order valence-corrected chi connectivity index (χ1v) is 8.97. The number of amides is 1. The van der Waals surface area contributed by atoms with Gasteiger partial charge in [-0.2, -0.15) is 5.10 Å². The fraction of sp³-hybridized carbons (Fsp3) is 0.350. The number of carbonyl (C=O) groups excluding carboxylic acids is 1. The van der Waals surface area contributed by atoms with Gasteiger partial charge >= 0.3 is 0 Å². The highest BCUT2D eigenvalue weighted by atomic mass is 16.2. The highest BCUT2D eigenvalue weighted by Gasteiger charge is 2.23. The van der Waals surface area contributed by atoms with Crippen LogP contribution in [0.5, 0.6) is 0 Å². The Labute approximate surface area is 151 Å². The highest BCUT2D eigenvalue weighted by molar-refractivity contribution is 5.90. The van der Waals surface area contributed by atoms with Crippen molar-refractivity contribution >= 4 is 17.1 Å². The third-order valence-corrected chi connectivity index (χ3v) is 5.02. The Bertz CT molecular complexity index is 1030. The molecule has 0 radical (unpaired) electrons. The zero-order valence-electron chi connectivity index (χ0n) is 15.0. The van der Waals surface area contributed by atoms with Gasteiger partial charge in [0.25, 0.3) is 5.56 Å². The first-order chi connectivity index (χ1) is 12.5. The number of aryl methyl sites for hydroxylation is 2. The summed E-state index contributed by atoms with van der Waals surface area (Å²) in [7, 11) is 0. The SMILES string of the molecule is Cc1ccc(NC(=O)Cn2ccn3nc4c(c3c2=O)C[C@@H](C)CC4)cc1. The van der Waals surface area contributed by atoms with Crippen molar-refractivity contribution < 1.29 is 4.79 Å². The van der Waals surface area contributed by atoms with E-state index in [-0.39, 0.29) is 18.0 Å². The van der Waals surface area contributed by atoms with Gasteiger partial charge in [-0.3, -0.25) is 9.59 Å². The minimum Gasteiger partial charge on any atom is -0.325 e. The summed E-state index contributed by atoms with van der Waals surface area (Å²) < 4.78 is 3.12. The average molecular weight is 350 g/mol. The number of carbonyl (C=O) groups is 1. The van der Waals surface area contributed by atoms with Gasteiger partial charge < -0.3 is 9.88 Å². The number of aromatic nitrogens is 3. The van der Waals surface area contributed by atoms with E-state index in [2.05, 4.69) is 17.3 Å². The molecule has 0 fully saturated rings. The normalized spacial score (nSPS) is 16.5. The van der Waals surface area contributed by atoms with Crippen molar-refractivity contribution in [3.8, 4) is 0 Å². The molecule has 134 valence electrons. The summed E-state index contributed by atoms with van der Waals surface area (Å²) in [5.41, 5.74) is 4.37. The molecule has 0 unspecified atom stereocenters. The summed E-state index contributed by atoms with van der Waals surface area (Å²) in [6.07, 6.45) is 6.27. The van der Waals surface area contributed by atoms with Gasteiger partial charge in [-0.15, -0.1) is 0 Å². The Morgan fingerprint density at radius 3 is 2.81 bits per heavy atom. The standard InChI is InChI=1S/C20H22N4O2/c1-13-3-6-15(7-4-13)21-18(25)12-23-9-10-24-19(20(23)26)16-11-14(2)5-8-17(16)22-24/h3-4,6-7,9-10,14H,5,8,11-12H2,1-2H3,(H,21,25)/t14-/m0/s1. The average Bonchev–Trinajstić information content (AvgIpc) is 2.98. The summed E-state index contributed by atoms with van der Waals surface area (Å²) >= 11 is 0. The van der Waals surface area contributed by atoms with Gasteiger partial charge in [0.2, 0.25) is 5.91 Å². The Morgan fingerprint density at radius 1 is 1.27 bits per heavy atom. The maximum Gasteiger partial charge on any atom is 0.277 e. The molecular formula is C20H22N4O2. The van der Waals surface area contributed by atoms with Gasteiger partial charge in [0.15, 0.2) is 0 Å². The predicted molar refractivity (Wildman–Crippen MR) is 100 cm³/mol. The zero-order valence-corrected chi connectivity index (χ0v) is 15.0. The van der Waals surface area contributed by atoms with E-state index in [9.17, 15) is 9.59 Å². The van der Waals surface area contributed by atoms with Gasteiger partial charge in [-0.25, -0.2) is 4.52 Å². The van der Waals surface area contributed by atoms with Gasteiger partial charge in [0, 0.05) is 23.6 Å². The van der Waals surface area contributed by atoms with E-state index in [4.69, 9.17) is 0 Å². The van der Waals surface area contributed by atoms with Gasteiger partial charge in [-0.1, -0.05) is 24.6 Å². The number of rotatable bonds is 3. The molecule has 1 aromatic carbocycles. The van der Waals surface area contributed by atoms with Crippen molar-refractivity contribution in [1.29, 1.82) is 0 Å². The van der Waals surface area contributed by atoms with Crippen LogP contribution in [-0.4, -0.2) is 20.1 Å². The third kappa shape index (κ3) is 3.03. The molecule has 4 rings (SSSR count). The first kappa shape index (κ1) is 16.6. The molecule has 1 amide bonds. The molecular weight excluding hydrogens is 328 g/mol. The lowest BCUT2D eigenvalue weighted by molar-refractivity contribution is -0.116. The van der Waals surface area contributed by atoms with E-state index in [1.807, 2.05) is 31.2 Å². The summed E-state index contributed by atoms with van der Waals surface area (Å²) in [4.78, 5) is 25.3. The van der Waals surface area contributed by atoms with Crippen molar-refractivity contribution in [2.24, 2.45) is 5.92 Å². The van der Waals surface area contributed by atoms with Crippen LogP contribution < -0.4 is 10.9 Å². The summed E-state index contributed by atoms with van der Waals surface area (Å²) in [6, 6.07) is 7.59. The molecule has 2 aromatic heterocycles. The molecule has 6 nitrogen and oxygen atoms in total. The first-order valence-electron chi connectivity index (χ1n) is 8.97. The van der Waals surface area contributed by atoms with Crippen LogP contribution in [0.4, 0.5) is 5.69 Å². The molecule has 1 N–H and O–H groups in total. The number of benzene rings is 1.